The summed E-state index contributed by atoms with van der Waals surface area (Å²) in [6.45, 7) is 13.4. The molecule has 0 N–H and O–H groups in total. The number of carbonyl (C=O) groups excluding carboxylic acids is 1. The van der Waals surface area contributed by atoms with Gasteiger partial charge in [0, 0.05) is 17.5 Å². The second kappa shape index (κ2) is 10.3. The number of piperidine rings is 1. The Morgan fingerprint density at radius 2 is 2.00 bits per heavy atom. The summed E-state index contributed by atoms with van der Waals surface area (Å²) >= 11 is 6.67. The molecule has 1 saturated heterocycles. The number of allylic oxidation sites excluding steroid dienone is 3. The molecule has 0 unspecified atom stereocenters. The molecule has 0 radical (unpaired) electrons. The first-order valence-electron chi connectivity index (χ1n) is 11.4. The van der Waals surface area contributed by atoms with E-state index in [0.29, 0.717) is 30.4 Å². The number of benzene rings is 1. The molecule has 0 aliphatic carbocycles. The van der Waals surface area contributed by atoms with Crippen molar-refractivity contribution < 1.29 is 19.0 Å². The number of fused-ring (bicyclic) bond motifs is 2. The second-order valence-corrected chi connectivity index (χ2v) is 10.2. The highest BCUT2D eigenvalue weighted by molar-refractivity contribution is 6.33. The Labute approximate surface area is 197 Å². The van der Waals surface area contributed by atoms with Gasteiger partial charge in [-0.15, -0.1) is 0 Å². The number of nitrogens with zero attached hydrogens (tertiary/aromatic N) is 1. The van der Waals surface area contributed by atoms with Crippen molar-refractivity contribution >= 4 is 17.6 Å². The summed E-state index contributed by atoms with van der Waals surface area (Å²) in [6, 6.07) is 4.08. The average molecular weight is 462 g/mol. The van der Waals surface area contributed by atoms with E-state index in [1.165, 1.54) is 5.56 Å². The van der Waals surface area contributed by atoms with Crippen LogP contribution in [0.3, 0.4) is 0 Å². The Morgan fingerprint density at radius 1 is 1.28 bits per heavy atom. The minimum atomic E-state index is -0.433. The smallest absolute Gasteiger partial charge is 0.307 e. The number of rotatable bonds is 7. The zero-order valence-corrected chi connectivity index (χ0v) is 20.8. The van der Waals surface area contributed by atoms with E-state index in [1.807, 2.05) is 58.9 Å². The number of likely N-dealkylation sites (tertiary alicyclic amines) is 1. The van der Waals surface area contributed by atoms with Gasteiger partial charge in [0.15, 0.2) is 0 Å². The number of hydrogen-bond acceptors (Lipinski definition) is 5. The fraction of sp³-hybridized carbons (Fsp3) is 0.577. The summed E-state index contributed by atoms with van der Waals surface area (Å²) in [7, 11) is 0. The van der Waals surface area contributed by atoms with E-state index >= 15 is 0 Å². The van der Waals surface area contributed by atoms with E-state index < -0.39 is 5.60 Å². The Hall–Kier alpha value is -1.98. The van der Waals surface area contributed by atoms with E-state index in [2.05, 4.69) is 11.0 Å². The Bertz CT molecular complexity index is 877. The van der Waals surface area contributed by atoms with Crippen molar-refractivity contribution in [3.05, 3.63) is 46.5 Å². The van der Waals surface area contributed by atoms with E-state index in [4.69, 9.17) is 25.8 Å². The molecule has 32 heavy (non-hydrogen) atoms. The van der Waals surface area contributed by atoms with Gasteiger partial charge in [-0.05, 0) is 72.2 Å². The largest absolute Gasteiger partial charge is 0.491 e. The van der Waals surface area contributed by atoms with E-state index in [-0.39, 0.29) is 11.4 Å². The highest BCUT2D eigenvalue weighted by atomic mass is 35.5. The first-order valence-corrected chi connectivity index (χ1v) is 11.8. The standard InChI is InChI=1S/C26H36ClNO4/c1-6-7-8-19(2)17-30-21-10-9-20-24(23(21)27)31-18-26(20)12-15-28(16-13-26)14-11-22(29)32-25(3,4)5/h6-10H,11-18H2,1-5H3/b7-6-,19-8+. The summed E-state index contributed by atoms with van der Waals surface area (Å²) in [5.74, 6) is 1.29. The van der Waals surface area contributed by atoms with Gasteiger partial charge in [0.05, 0.1) is 13.0 Å². The topological polar surface area (TPSA) is 48.0 Å². The lowest BCUT2D eigenvalue weighted by atomic mass is 9.74. The first-order chi connectivity index (χ1) is 15.1. The van der Waals surface area contributed by atoms with Crippen LogP contribution in [0.5, 0.6) is 11.5 Å². The van der Waals surface area contributed by atoms with Crippen LogP contribution in [-0.4, -0.2) is 49.3 Å². The van der Waals surface area contributed by atoms with Crippen LogP contribution in [0.25, 0.3) is 0 Å². The zero-order chi connectivity index (χ0) is 23.4. The predicted octanol–water partition coefficient (Wildman–Crippen LogP) is 5.70. The lowest BCUT2D eigenvalue weighted by Crippen LogP contribution is -2.44. The van der Waals surface area contributed by atoms with Gasteiger partial charge in [0.2, 0.25) is 0 Å². The maximum atomic E-state index is 12.0. The molecule has 176 valence electrons. The third-order valence-corrected chi connectivity index (χ3v) is 6.38. The number of esters is 1. The number of ether oxygens (including phenoxy) is 3. The Morgan fingerprint density at radius 3 is 2.66 bits per heavy atom. The van der Waals surface area contributed by atoms with Crippen molar-refractivity contribution in [3.8, 4) is 11.5 Å². The quantitative estimate of drug-likeness (QED) is 0.385. The summed E-state index contributed by atoms with van der Waals surface area (Å²) in [4.78, 5) is 14.4. The maximum absolute atomic E-state index is 12.0. The van der Waals surface area contributed by atoms with Gasteiger partial charge in [-0.2, -0.15) is 0 Å². The summed E-state index contributed by atoms with van der Waals surface area (Å²) < 4.78 is 17.5. The minimum absolute atomic E-state index is 0.0122. The SMILES string of the molecule is C/C=C\C=C(/C)COc1ccc2c(c1Cl)OCC21CCN(CCC(=O)OC(C)(C)C)CC1. The van der Waals surface area contributed by atoms with Crippen LogP contribution >= 0.6 is 11.6 Å². The maximum Gasteiger partial charge on any atom is 0.307 e. The van der Waals surface area contributed by atoms with Gasteiger partial charge in [0.1, 0.15) is 28.7 Å². The van der Waals surface area contributed by atoms with Crippen LogP contribution in [0.15, 0.2) is 35.9 Å². The molecule has 0 amide bonds. The van der Waals surface area contributed by atoms with Crippen molar-refractivity contribution in [2.24, 2.45) is 0 Å². The van der Waals surface area contributed by atoms with Crippen molar-refractivity contribution in [2.45, 2.75) is 64.9 Å². The number of halogens is 1. The van der Waals surface area contributed by atoms with Crippen LogP contribution < -0.4 is 9.47 Å². The van der Waals surface area contributed by atoms with Gasteiger partial charge in [0.25, 0.3) is 0 Å². The molecule has 1 aromatic rings. The third kappa shape index (κ3) is 6.08. The van der Waals surface area contributed by atoms with Gasteiger partial charge in [-0.3, -0.25) is 4.79 Å². The highest BCUT2D eigenvalue weighted by Gasteiger charge is 2.44. The van der Waals surface area contributed by atoms with Gasteiger partial charge >= 0.3 is 5.97 Å². The van der Waals surface area contributed by atoms with Gasteiger partial charge < -0.3 is 19.1 Å². The average Bonchev–Trinajstić information content (AvgIpc) is 3.09. The lowest BCUT2D eigenvalue weighted by Gasteiger charge is -2.38. The summed E-state index contributed by atoms with van der Waals surface area (Å²) in [6.07, 6.45) is 8.40. The van der Waals surface area contributed by atoms with Crippen molar-refractivity contribution in [3.63, 3.8) is 0 Å². The first kappa shape index (κ1) is 24.7. The third-order valence-electron chi connectivity index (χ3n) is 6.02. The van der Waals surface area contributed by atoms with Gasteiger partial charge in [-0.25, -0.2) is 0 Å². The monoisotopic (exact) mass is 461 g/mol. The molecule has 1 spiro atoms. The predicted molar refractivity (Wildman–Crippen MR) is 129 cm³/mol. The molecule has 0 atom stereocenters. The molecule has 2 aliphatic rings. The lowest BCUT2D eigenvalue weighted by molar-refractivity contribution is -0.155. The molecule has 0 bridgehead atoms. The Kier molecular flexibility index (Phi) is 7.94. The molecular formula is C26H36ClNO4. The molecule has 1 aromatic carbocycles. The highest BCUT2D eigenvalue weighted by Crippen LogP contribution is 2.50. The van der Waals surface area contributed by atoms with Crippen molar-refractivity contribution in [1.29, 1.82) is 0 Å². The zero-order valence-electron chi connectivity index (χ0n) is 20.0. The van der Waals surface area contributed by atoms with Crippen molar-refractivity contribution in [1.82, 2.24) is 4.90 Å². The number of carbonyl (C=O) groups is 1. The molecule has 2 heterocycles. The van der Waals surface area contributed by atoms with E-state index in [0.717, 1.165) is 43.8 Å². The molecule has 0 aromatic heterocycles. The van der Waals surface area contributed by atoms with E-state index in [1.54, 1.807) is 0 Å². The second-order valence-electron chi connectivity index (χ2n) is 9.83. The molecule has 2 aliphatic heterocycles. The fourth-order valence-corrected chi connectivity index (χ4v) is 4.53. The molecule has 5 nitrogen and oxygen atoms in total. The molecule has 0 saturated carbocycles. The van der Waals surface area contributed by atoms with Crippen LogP contribution in [0.1, 0.15) is 59.4 Å². The Balaban J connectivity index is 1.58. The number of hydrogen-bond donors (Lipinski definition) is 0. The van der Waals surface area contributed by atoms with Crippen LogP contribution in [0, 0.1) is 0 Å². The van der Waals surface area contributed by atoms with Crippen molar-refractivity contribution in [2.75, 3.05) is 32.8 Å². The normalized spacial score (nSPS) is 18.6. The van der Waals surface area contributed by atoms with Crippen LogP contribution in [0.4, 0.5) is 0 Å². The summed E-state index contributed by atoms with van der Waals surface area (Å²) in [5, 5.41) is 0.561. The van der Waals surface area contributed by atoms with E-state index in [9.17, 15) is 4.79 Å². The molecule has 6 heteroatoms. The summed E-state index contributed by atoms with van der Waals surface area (Å²) in [5.41, 5.74) is 1.86. The van der Waals surface area contributed by atoms with Gasteiger partial charge in [-0.1, -0.05) is 35.9 Å². The minimum Gasteiger partial charge on any atom is -0.491 e. The molecule has 3 rings (SSSR count). The van der Waals surface area contributed by atoms with Crippen LogP contribution in [0.2, 0.25) is 5.02 Å². The fourth-order valence-electron chi connectivity index (χ4n) is 4.26. The van der Waals surface area contributed by atoms with Crippen LogP contribution in [-0.2, 0) is 14.9 Å². The molecular weight excluding hydrogens is 426 g/mol. The molecule has 1 fully saturated rings.